The summed E-state index contributed by atoms with van der Waals surface area (Å²) in [6.45, 7) is 3.77. The Labute approximate surface area is 148 Å². The van der Waals surface area contributed by atoms with Crippen LogP contribution < -0.4 is 9.47 Å². The van der Waals surface area contributed by atoms with Crippen LogP contribution in [0.25, 0.3) is 0 Å². The van der Waals surface area contributed by atoms with Crippen molar-refractivity contribution >= 4 is 5.91 Å². The second kappa shape index (κ2) is 6.84. The van der Waals surface area contributed by atoms with Gasteiger partial charge < -0.3 is 19.1 Å². The van der Waals surface area contributed by atoms with Gasteiger partial charge in [-0.05, 0) is 30.5 Å². The Hall–Kier alpha value is -1.79. The summed E-state index contributed by atoms with van der Waals surface area (Å²) in [7, 11) is 3.69. The van der Waals surface area contributed by atoms with Crippen molar-refractivity contribution in [1.82, 2.24) is 9.80 Å². The van der Waals surface area contributed by atoms with Gasteiger partial charge in [-0.15, -0.1) is 0 Å². The second-order valence-electron chi connectivity index (χ2n) is 7.41. The normalized spacial score (nSPS) is 28.5. The average Bonchev–Trinajstić information content (AvgIpc) is 3.08. The third-order valence-corrected chi connectivity index (χ3v) is 5.56. The van der Waals surface area contributed by atoms with Crippen LogP contribution in [-0.4, -0.2) is 62.4 Å². The molecule has 0 bridgehead atoms. The van der Waals surface area contributed by atoms with E-state index in [9.17, 15) is 4.79 Å². The number of amides is 1. The van der Waals surface area contributed by atoms with E-state index in [4.69, 9.17) is 14.2 Å². The maximum Gasteiger partial charge on any atom is 0.231 e. The van der Waals surface area contributed by atoms with Crippen LogP contribution in [0.2, 0.25) is 0 Å². The fourth-order valence-electron chi connectivity index (χ4n) is 4.26. The Kier molecular flexibility index (Phi) is 4.56. The number of nitrogens with zero attached hydrogens (tertiary/aromatic N) is 2. The van der Waals surface area contributed by atoms with Gasteiger partial charge in [0.15, 0.2) is 11.5 Å². The summed E-state index contributed by atoms with van der Waals surface area (Å²) < 4.78 is 16.8. The van der Waals surface area contributed by atoms with E-state index in [0.717, 1.165) is 44.0 Å². The average molecular weight is 346 g/mol. The molecule has 136 valence electrons. The minimum atomic E-state index is 0.0771. The minimum Gasteiger partial charge on any atom is -0.454 e. The third kappa shape index (κ3) is 3.33. The van der Waals surface area contributed by atoms with Gasteiger partial charge in [0.1, 0.15) is 0 Å². The van der Waals surface area contributed by atoms with Crippen LogP contribution in [0, 0.1) is 11.8 Å². The molecule has 6 nitrogen and oxygen atoms in total. The van der Waals surface area contributed by atoms with Crippen molar-refractivity contribution in [1.29, 1.82) is 0 Å². The Morgan fingerprint density at radius 1 is 1.24 bits per heavy atom. The molecule has 0 spiro atoms. The van der Waals surface area contributed by atoms with E-state index >= 15 is 0 Å². The lowest BCUT2D eigenvalue weighted by Gasteiger charge is -2.45. The predicted octanol–water partition coefficient (Wildman–Crippen LogP) is 1.73. The molecule has 3 atom stereocenters. The van der Waals surface area contributed by atoms with E-state index in [1.807, 2.05) is 20.2 Å². The zero-order valence-corrected chi connectivity index (χ0v) is 14.9. The van der Waals surface area contributed by atoms with Crippen molar-refractivity contribution in [3.63, 3.8) is 0 Å². The highest BCUT2D eigenvalue weighted by molar-refractivity contribution is 5.78. The Balaban J connectivity index is 1.45. The second-order valence-corrected chi connectivity index (χ2v) is 7.41. The van der Waals surface area contributed by atoms with Gasteiger partial charge >= 0.3 is 0 Å². The first-order chi connectivity index (χ1) is 12.1. The van der Waals surface area contributed by atoms with Gasteiger partial charge in [0.2, 0.25) is 12.7 Å². The van der Waals surface area contributed by atoms with Gasteiger partial charge in [0, 0.05) is 52.2 Å². The zero-order chi connectivity index (χ0) is 17.4. The summed E-state index contributed by atoms with van der Waals surface area (Å²) >= 11 is 0. The lowest BCUT2D eigenvalue weighted by molar-refractivity contribution is -0.149. The lowest BCUT2D eigenvalue weighted by Crippen LogP contribution is -2.52. The quantitative estimate of drug-likeness (QED) is 0.834. The minimum absolute atomic E-state index is 0.0771. The predicted molar refractivity (Wildman–Crippen MR) is 92.5 cm³/mol. The topological polar surface area (TPSA) is 51.2 Å². The maximum absolute atomic E-state index is 12.6. The number of carbonyl (C=O) groups excluding carboxylic acids is 1. The fraction of sp³-hybridized carbons (Fsp3) is 0.632. The highest BCUT2D eigenvalue weighted by Gasteiger charge is 2.42. The van der Waals surface area contributed by atoms with Gasteiger partial charge in [-0.1, -0.05) is 6.07 Å². The molecule has 0 aromatic heterocycles. The summed E-state index contributed by atoms with van der Waals surface area (Å²) in [4.78, 5) is 16.7. The maximum atomic E-state index is 12.6. The number of fused-ring (bicyclic) bond motifs is 2. The largest absolute Gasteiger partial charge is 0.454 e. The molecule has 0 radical (unpaired) electrons. The van der Waals surface area contributed by atoms with Crippen molar-refractivity contribution in [3.05, 3.63) is 23.8 Å². The molecule has 3 aliphatic heterocycles. The highest BCUT2D eigenvalue weighted by Crippen LogP contribution is 2.36. The molecule has 0 N–H and O–H groups in total. The standard InChI is InChI=1S/C19H26N2O4/c1-20(2)19(22)14-6-8-23-16-5-7-21(11-15(14)16)10-13-3-4-17-18(9-13)25-12-24-17/h3-4,9,14-16H,5-8,10-12H2,1-2H3/t14-,15+,16-/m1/s1. The van der Waals surface area contributed by atoms with Crippen LogP contribution >= 0.6 is 0 Å². The molecular weight excluding hydrogens is 320 g/mol. The van der Waals surface area contributed by atoms with Crippen LogP contribution in [0.5, 0.6) is 11.5 Å². The van der Waals surface area contributed by atoms with Crippen molar-refractivity contribution in [2.45, 2.75) is 25.5 Å². The van der Waals surface area contributed by atoms with E-state index in [2.05, 4.69) is 17.0 Å². The first kappa shape index (κ1) is 16.7. The molecule has 25 heavy (non-hydrogen) atoms. The molecule has 0 aliphatic carbocycles. The van der Waals surface area contributed by atoms with Gasteiger partial charge in [0.25, 0.3) is 0 Å². The van der Waals surface area contributed by atoms with Crippen LogP contribution in [0.1, 0.15) is 18.4 Å². The molecule has 2 saturated heterocycles. The first-order valence-corrected chi connectivity index (χ1v) is 9.05. The highest BCUT2D eigenvalue weighted by atomic mass is 16.7. The van der Waals surface area contributed by atoms with Crippen LogP contribution in [0.4, 0.5) is 0 Å². The summed E-state index contributed by atoms with van der Waals surface area (Å²) in [6, 6.07) is 6.14. The number of hydrogen-bond acceptors (Lipinski definition) is 5. The van der Waals surface area contributed by atoms with Gasteiger partial charge in [-0.3, -0.25) is 9.69 Å². The molecule has 1 amide bonds. The summed E-state index contributed by atoms with van der Waals surface area (Å²) in [5.74, 6) is 2.25. The molecular formula is C19H26N2O4. The van der Waals surface area contributed by atoms with Gasteiger partial charge in [-0.2, -0.15) is 0 Å². The Morgan fingerprint density at radius 3 is 2.92 bits per heavy atom. The summed E-state index contributed by atoms with van der Waals surface area (Å²) in [5.41, 5.74) is 1.22. The number of benzene rings is 1. The smallest absolute Gasteiger partial charge is 0.231 e. The van der Waals surface area contributed by atoms with Crippen molar-refractivity contribution in [3.8, 4) is 11.5 Å². The van der Waals surface area contributed by atoms with E-state index in [0.29, 0.717) is 13.4 Å². The van der Waals surface area contributed by atoms with E-state index in [-0.39, 0.29) is 23.8 Å². The van der Waals surface area contributed by atoms with E-state index < -0.39 is 0 Å². The van der Waals surface area contributed by atoms with E-state index in [1.54, 1.807) is 4.90 Å². The first-order valence-electron chi connectivity index (χ1n) is 9.05. The molecule has 6 heteroatoms. The molecule has 4 rings (SSSR count). The van der Waals surface area contributed by atoms with Crippen LogP contribution in [-0.2, 0) is 16.1 Å². The molecule has 3 aliphatic rings. The van der Waals surface area contributed by atoms with Gasteiger partial charge in [0.05, 0.1) is 6.10 Å². The van der Waals surface area contributed by atoms with Crippen molar-refractivity contribution in [2.24, 2.45) is 11.8 Å². The number of rotatable bonds is 3. The summed E-state index contributed by atoms with van der Waals surface area (Å²) in [5, 5.41) is 0. The molecule has 1 aromatic rings. The number of carbonyl (C=O) groups is 1. The zero-order valence-electron chi connectivity index (χ0n) is 14.9. The third-order valence-electron chi connectivity index (χ3n) is 5.56. The fourth-order valence-corrected chi connectivity index (χ4v) is 4.26. The van der Waals surface area contributed by atoms with Crippen molar-refractivity contribution in [2.75, 3.05) is 40.6 Å². The molecule has 3 heterocycles. The molecule has 2 fully saturated rings. The van der Waals surface area contributed by atoms with E-state index in [1.165, 1.54) is 5.56 Å². The molecule has 1 aromatic carbocycles. The molecule has 0 saturated carbocycles. The van der Waals surface area contributed by atoms with Crippen molar-refractivity contribution < 1.29 is 19.0 Å². The Morgan fingerprint density at radius 2 is 2.08 bits per heavy atom. The summed E-state index contributed by atoms with van der Waals surface area (Å²) in [6.07, 6.45) is 2.04. The lowest BCUT2D eigenvalue weighted by atomic mass is 9.78. The SMILES string of the molecule is CN(C)C(=O)[C@@H]1CCO[C@@H]2CCN(Cc3ccc4c(c3)OCO4)C[C@H]21. The number of piperidine rings is 1. The molecule has 0 unspecified atom stereocenters. The number of likely N-dealkylation sites (tertiary alicyclic amines) is 1. The number of ether oxygens (including phenoxy) is 3. The van der Waals surface area contributed by atoms with Gasteiger partial charge in [-0.25, -0.2) is 0 Å². The van der Waals surface area contributed by atoms with Crippen LogP contribution in [0.3, 0.4) is 0 Å². The number of hydrogen-bond donors (Lipinski definition) is 0. The van der Waals surface area contributed by atoms with Crippen LogP contribution in [0.15, 0.2) is 18.2 Å². The monoisotopic (exact) mass is 346 g/mol. The Bertz CT molecular complexity index is 648.